The minimum absolute atomic E-state index is 0.0799. The highest BCUT2D eigenvalue weighted by molar-refractivity contribution is 5.95. The number of hydrogen-bond acceptors (Lipinski definition) is 6. The molecule has 0 spiro atoms. The zero-order valence-electron chi connectivity index (χ0n) is 24.2. The summed E-state index contributed by atoms with van der Waals surface area (Å²) in [5.74, 6) is 3.06. The minimum Gasteiger partial charge on any atom is -0.305 e. The van der Waals surface area contributed by atoms with E-state index < -0.39 is 28.8 Å². The van der Waals surface area contributed by atoms with Gasteiger partial charge in [-0.25, -0.2) is 28.1 Å². The number of nitrogens with zero attached hydrogens (tertiary/aromatic N) is 5. The number of ketones is 1. The van der Waals surface area contributed by atoms with E-state index in [1.807, 2.05) is 26.2 Å². The second kappa shape index (κ2) is 13.4. The van der Waals surface area contributed by atoms with Crippen LogP contribution < -0.4 is 5.56 Å². The molecule has 3 aromatic carbocycles. The van der Waals surface area contributed by atoms with Gasteiger partial charge in [-0.2, -0.15) is 0 Å². The Kier molecular flexibility index (Phi) is 9.26. The average molecular weight is 596 g/mol. The number of halogens is 3. The Balaban J connectivity index is 1.22. The first-order valence-electron chi connectivity index (χ1n) is 13.8. The number of fused-ring (bicyclic) bond motifs is 1. The molecule has 10 heteroatoms. The molecule has 0 aliphatic heterocycles. The van der Waals surface area contributed by atoms with Gasteiger partial charge in [-0.1, -0.05) is 42.2 Å². The maximum atomic E-state index is 15.2. The Bertz CT molecular complexity index is 1960. The number of benzene rings is 3. The molecule has 0 amide bonds. The zero-order valence-corrected chi connectivity index (χ0v) is 24.2. The molecular formula is C34H28F3N5O2. The molecule has 2 aromatic heterocycles. The Labute approximate surface area is 252 Å². The van der Waals surface area contributed by atoms with Crippen LogP contribution in [-0.2, 0) is 19.5 Å². The summed E-state index contributed by atoms with van der Waals surface area (Å²) in [6, 6.07) is 14.7. The van der Waals surface area contributed by atoms with Crippen LogP contribution in [0.25, 0.3) is 10.9 Å². The van der Waals surface area contributed by atoms with E-state index in [2.05, 4.69) is 43.8 Å². The van der Waals surface area contributed by atoms with Crippen LogP contribution in [0, 0.1) is 29.3 Å². The predicted molar refractivity (Wildman–Crippen MR) is 161 cm³/mol. The van der Waals surface area contributed by atoms with Crippen molar-refractivity contribution in [1.29, 1.82) is 0 Å². The summed E-state index contributed by atoms with van der Waals surface area (Å²) in [6.07, 6.45) is 4.35. The van der Waals surface area contributed by atoms with Gasteiger partial charge in [-0.3, -0.25) is 14.2 Å². The summed E-state index contributed by atoms with van der Waals surface area (Å²) in [6.45, 7) is 0.768. The molecule has 222 valence electrons. The number of carbonyl (C=O) groups excluding carboxylic acids is 1. The quantitative estimate of drug-likeness (QED) is 0.170. The lowest BCUT2D eigenvalue weighted by Gasteiger charge is -2.10. The third-order valence-electron chi connectivity index (χ3n) is 6.87. The van der Waals surface area contributed by atoms with Gasteiger partial charge in [0.05, 0.1) is 29.3 Å². The second-order valence-electron chi connectivity index (χ2n) is 10.6. The third-order valence-corrected chi connectivity index (χ3v) is 6.87. The normalized spacial score (nSPS) is 11.0. The van der Waals surface area contributed by atoms with Crippen LogP contribution in [0.2, 0.25) is 0 Å². The van der Waals surface area contributed by atoms with Gasteiger partial charge in [0.1, 0.15) is 17.2 Å². The van der Waals surface area contributed by atoms with Crippen LogP contribution in [0.1, 0.15) is 51.3 Å². The highest BCUT2D eigenvalue weighted by Crippen LogP contribution is 2.20. The Morgan fingerprint density at radius 1 is 0.932 bits per heavy atom. The largest absolute Gasteiger partial charge is 0.305 e. The molecule has 0 saturated heterocycles. The number of Topliss-reactive ketones (excluding diaryl/α,β-unsaturated/α-hetero) is 1. The van der Waals surface area contributed by atoms with Crippen molar-refractivity contribution < 1.29 is 18.0 Å². The summed E-state index contributed by atoms with van der Waals surface area (Å²) in [4.78, 5) is 40.4. The molecule has 0 unspecified atom stereocenters. The molecule has 0 saturated carbocycles. The summed E-state index contributed by atoms with van der Waals surface area (Å²) < 4.78 is 43.1. The van der Waals surface area contributed by atoms with Gasteiger partial charge in [-0.05, 0) is 55.1 Å². The summed E-state index contributed by atoms with van der Waals surface area (Å²) in [5, 5.41) is 0.245. The molecule has 5 rings (SSSR count). The van der Waals surface area contributed by atoms with Crippen LogP contribution in [0.5, 0.6) is 0 Å². The van der Waals surface area contributed by atoms with Crippen LogP contribution in [-0.4, -0.2) is 44.3 Å². The lowest BCUT2D eigenvalue weighted by Crippen LogP contribution is -2.27. The lowest BCUT2D eigenvalue weighted by molar-refractivity contribution is 0.0982. The van der Waals surface area contributed by atoms with Gasteiger partial charge < -0.3 is 4.90 Å². The highest BCUT2D eigenvalue weighted by Gasteiger charge is 2.14. The van der Waals surface area contributed by atoms with Crippen molar-refractivity contribution in [3.8, 4) is 11.8 Å². The third kappa shape index (κ3) is 7.25. The van der Waals surface area contributed by atoms with Gasteiger partial charge in [-0.15, -0.1) is 0 Å². The van der Waals surface area contributed by atoms with Crippen molar-refractivity contribution in [2.45, 2.75) is 32.4 Å². The van der Waals surface area contributed by atoms with Crippen molar-refractivity contribution in [3.05, 3.63) is 135 Å². The first kappa shape index (κ1) is 30.3. The minimum atomic E-state index is -1.04. The molecule has 0 atom stereocenters. The summed E-state index contributed by atoms with van der Waals surface area (Å²) in [5.41, 5.74) is 2.46. The van der Waals surface area contributed by atoms with E-state index in [-0.39, 0.29) is 35.9 Å². The fourth-order valence-electron chi connectivity index (χ4n) is 4.66. The van der Waals surface area contributed by atoms with E-state index in [9.17, 15) is 18.4 Å². The van der Waals surface area contributed by atoms with E-state index in [4.69, 9.17) is 0 Å². The van der Waals surface area contributed by atoms with Gasteiger partial charge in [0.25, 0.3) is 5.56 Å². The fourth-order valence-corrected chi connectivity index (χ4v) is 4.66. The van der Waals surface area contributed by atoms with Crippen molar-refractivity contribution in [2.75, 3.05) is 14.1 Å². The lowest BCUT2D eigenvalue weighted by atomic mass is 10.1. The van der Waals surface area contributed by atoms with Gasteiger partial charge >= 0.3 is 0 Å². The van der Waals surface area contributed by atoms with Crippen molar-refractivity contribution in [1.82, 2.24) is 24.4 Å². The van der Waals surface area contributed by atoms with Crippen LogP contribution in [0.15, 0.2) is 78.1 Å². The van der Waals surface area contributed by atoms with Crippen molar-refractivity contribution in [2.24, 2.45) is 0 Å². The Hall–Kier alpha value is -5.14. The molecule has 0 aliphatic carbocycles. The second-order valence-corrected chi connectivity index (χ2v) is 10.6. The highest BCUT2D eigenvalue weighted by atomic mass is 19.2. The van der Waals surface area contributed by atoms with E-state index in [0.717, 1.165) is 35.0 Å². The monoisotopic (exact) mass is 595 g/mol. The molecule has 0 radical (unpaired) electrons. The van der Waals surface area contributed by atoms with Gasteiger partial charge in [0.2, 0.25) is 0 Å². The molecule has 0 N–H and O–H groups in total. The van der Waals surface area contributed by atoms with Crippen LogP contribution in [0.3, 0.4) is 0 Å². The van der Waals surface area contributed by atoms with E-state index in [1.165, 1.54) is 30.2 Å². The fraction of sp³-hybridized carbons (Fsp3) is 0.206. The maximum absolute atomic E-state index is 15.2. The first-order valence-corrected chi connectivity index (χ1v) is 13.8. The number of carbonyl (C=O) groups is 1. The number of rotatable bonds is 9. The molecular weight excluding hydrogens is 567 g/mol. The van der Waals surface area contributed by atoms with Crippen molar-refractivity contribution in [3.63, 3.8) is 0 Å². The number of aromatic nitrogens is 4. The Morgan fingerprint density at radius 3 is 2.43 bits per heavy atom. The predicted octanol–water partition coefficient (Wildman–Crippen LogP) is 5.32. The summed E-state index contributed by atoms with van der Waals surface area (Å²) in [7, 11) is 4.03. The SMILES string of the molecule is CN(C)Cc1ccc(Cc2ncc3c(F)c(C#CCCC(=O)c4cncn(Cc5ccc(F)c(F)c5)c4=O)ccc3n2)cc1. The van der Waals surface area contributed by atoms with Gasteiger partial charge in [0, 0.05) is 38.2 Å². The topological polar surface area (TPSA) is 81.0 Å². The van der Waals surface area contributed by atoms with Crippen LogP contribution >= 0.6 is 0 Å². The molecule has 7 nitrogen and oxygen atoms in total. The van der Waals surface area contributed by atoms with E-state index in [1.54, 1.807) is 6.07 Å². The number of hydrogen-bond donors (Lipinski definition) is 0. The molecule has 0 fully saturated rings. The van der Waals surface area contributed by atoms with E-state index in [0.29, 0.717) is 23.3 Å². The maximum Gasteiger partial charge on any atom is 0.264 e. The average Bonchev–Trinajstić information content (AvgIpc) is 3.00. The Morgan fingerprint density at radius 2 is 1.68 bits per heavy atom. The first-order chi connectivity index (χ1) is 21.2. The molecule has 0 aliphatic rings. The molecule has 0 bridgehead atoms. The zero-order chi connectivity index (χ0) is 31.2. The smallest absolute Gasteiger partial charge is 0.264 e. The van der Waals surface area contributed by atoms with E-state index >= 15 is 4.39 Å². The van der Waals surface area contributed by atoms with Crippen LogP contribution in [0.4, 0.5) is 13.2 Å². The van der Waals surface area contributed by atoms with Crippen molar-refractivity contribution >= 4 is 16.7 Å². The molecule has 2 heterocycles. The standard InChI is InChI=1S/C34H28F3N5O2/c1-41(2)19-23-9-7-22(8-10-23)16-32-39-18-26-30(40-32)14-12-25(33(26)37)5-3-4-6-31(43)27-17-38-21-42(34(27)44)20-24-11-13-28(35)29(36)15-24/h7-15,17-18,21H,4,6,16,19-20H2,1-2H3. The molecule has 44 heavy (non-hydrogen) atoms. The summed E-state index contributed by atoms with van der Waals surface area (Å²) >= 11 is 0. The molecule has 5 aromatic rings. The van der Waals surface area contributed by atoms with Gasteiger partial charge in [0.15, 0.2) is 17.4 Å².